The standard InChI is InChI=1S/C12H10N4O2/c1-18-12(17)6-9-3-2-4-10(5-9)15-16-11(7-13)8-14/h2-5,15H,6H2,1H3. The number of nitrogens with zero attached hydrogens (tertiary/aromatic N) is 3. The van der Waals surface area contributed by atoms with Gasteiger partial charge in [0, 0.05) is 0 Å². The van der Waals surface area contributed by atoms with E-state index in [9.17, 15) is 4.79 Å². The normalized spacial score (nSPS) is 8.61. The second-order valence-electron chi connectivity index (χ2n) is 3.25. The highest BCUT2D eigenvalue weighted by Crippen LogP contribution is 2.11. The number of ether oxygens (including phenoxy) is 1. The number of carbonyl (C=O) groups excluding carboxylic acids is 1. The van der Waals surface area contributed by atoms with Crippen LogP contribution in [0.1, 0.15) is 5.56 Å². The highest BCUT2D eigenvalue weighted by atomic mass is 16.5. The predicted octanol–water partition coefficient (Wildman–Crippen LogP) is 1.22. The van der Waals surface area contributed by atoms with Crippen LogP contribution in [0.15, 0.2) is 29.4 Å². The molecule has 6 nitrogen and oxygen atoms in total. The molecule has 18 heavy (non-hydrogen) atoms. The number of hydrogen-bond acceptors (Lipinski definition) is 6. The third-order valence-electron chi connectivity index (χ3n) is 2.01. The number of nitriles is 2. The minimum absolute atomic E-state index is 0.152. The summed E-state index contributed by atoms with van der Waals surface area (Å²) in [5.41, 5.74) is 3.63. The van der Waals surface area contributed by atoms with Crippen LogP contribution in [0, 0.1) is 22.7 Å². The summed E-state index contributed by atoms with van der Waals surface area (Å²) in [7, 11) is 1.32. The van der Waals surface area contributed by atoms with E-state index in [0.717, 1.165) is 5.56 Å². The molecule has 0 aliphatic rings. The minimum atomic E-state index is -0.342. The van der Waals surface area contributed by atoms with Gasteiger partial charge in [-0.2, -0.15) is 15.6 Å². The van der Waals surface area contributed by atoms with Crippen molar-refractivity contribution in [2.24, 2.45) is 5.10 Å². The third kappa shape index (κ3) is 3.95. The zero-order valence-electron chi connectivity index (χ0n) is 9.67. The van der Waals surface area contributed by atoms with Gasteiger partial charge in [0.2, 0.25) is 5.71 Å². The van der Waals surface area contributed by atoms with Crippen LogP contribution in [-0.2, 0) is 16.0 Å². The Labute approximate surface area is 104 Å². The van der Waals surface area contributed by atoms with Gasteiger partial charge in [0.25, 0.3) is 0 Å². The molecule has 1 aromatic carbocycles. The van der Waals surface area contributed by atoms with Crippen LogP contribution >= 0.6 is 0 Å². The second kappa shape index (κ2) is 6.66. The van der Waals surface area contributed by atoms with Crippen LogP contribution in [0.3, 0.4) is 0 Å². The quantitative estimate of drug-likeness (QED) is 0.486. The third-order valence-corrected chi connectivity index (χ3v) is 2.01. The van der Waals surface area contributed by atoms with Gasteiger partial charge in [0.05, 0.1) is 19.2 Å². The topological polar surface area (TPSA) is 98.3 Å². The molecule has 0 amide bonds. The van der Waals surface area contributed by atoms with Crippen LogP contribution in [-0.4, -0.2) is 18.8 Å². The predicted molar refractivity (Wildman–Crippen MR) is 64.4 cm³/mol. The number of hydrazone groups is 1. The lowest BCUT2D eigenvalue weighted by atomic mass is 10.1. The summed E-state index contributed by atoms with van der Waals surface area (Å²) in [6.07, 6.45) is 0.152. The van der Waals surface area contributed by atoms with E-state index < -0.39 is 0 Å². The second-order valence-corrected chi connectivity index (χ2v) is 3.25. The summed E-state index contributed by atoms with van der Waals surface area (Å²) in [5, 5.41) is 20.6. The summed E-state index contributed by atoms with van der Waals surface area (Å²) in [6, 6.07) is 10.1. The maximum absolute atomic E-state index is 11.1. The van der Waals surface area contributed by atoms with Crippen molar-refractivity contribution in [3.05, 3.63) is 29.8 Å². The van der Waals surface area contributed by atoms with Crippen molar-refractivity contribution in [3.8, 4) is 12.1 Å². The first kappa shape index (κ1) is 13.2. The summed E-state index contributed by atoms with van der Waals surface area (Å²) in [4.78, 5) is 11.1. The van der Waals surface area contributed by atoms with E-state index in [1.165, 1.54) is 7.11 Å². The van der Waals surface area contributed by atoms with Crippen LogP contribution in [0.2, 0.25) is 0 Å². The van der Waals surface area contributed by atoms with Crippen molar-refractivity contribution >= 4 is 17.4 Å². The number of carbonyl (C=O) groups is 1. The molecule has 0 fully saturated rings. The highest BCUT2D eigenvalue weighted by Gasteiger charge is 2.03. The lowest BCUT2D eigenvalue weighted by Crippen LogP contribution is -2.04. The summed E-state index contributed by atoms with van der Waals surface area (Å²) in [5.74, 6) is -0.342. The first-order valence-corrected chi connectivity index (χ1v) is 4.99. The molecule has 0 bridgehead atoms. The molecule has 0 unspecified atom stereocenters. The number of methoxy groups -OCH3 is 1. The Bertz CT molecular complexity index is 536. The monoisotopic (exact) mass is 242 g/mol. The molecule has 6 heteroatoms. The average molecular weight is 242 g/mol. The molecule has 0 heterocycles. The highest BCUT2D eigenvalue weighted by molar-refractivity contribution is 6.10. The summed E-state index contributed by atoms with van der Waals surface area (Å²) < 4.78 is 4.55. The van der Waals surface area contributed by atoms with Gasteiger partial charge in [-0.3, -0.25) is 10.2 Å². The first-order chi connectivity index (χ1) is 8.69. The van der Waals surface area contributed by atoms with Gasteiger partial charge in [0.15, 0.2) is 0 Å². The van der Waals surface area contributed by atoms with E-state index in [-0.39, 0.29) is 18.1 Å². The lowest BCUT2D eigenvalue weighted by Gasteiger charge is -2.03. The molecule has 1 N–H and O–H groups in total. The Hall–Kier alpha value is -2.86. The van der Waals surface area contributed by atoms with Crippen molar-refractivity contribution < 1.29 is 9.53 Å². The van der Waals surface area contributed by atoms with Crippen LogP contribution in [0.25, 0.3) is 0 Å². The van der Waals surface area contributed by atoms with Crippen molar-refractivity contribution in [2.75, 3.05) is 12.5 Å². The fraction of sp³-hybridized carbons (Fsp3) is 0.167. The molecule has 0 radical (unpaired) electrons. The van der Waals surface area contributed by atoms with E-state index in [4.69, 9.17) is 10.5 Å². The maximum Gasteiger partial charge on any atom is 0.309 e. The fourth-order valence-corrected chi connectivity index (χ4v) is 1.19. The molecule has 0 aromatic heterocycles. The Morgan fingerprint density at radius 2 is 2.17 bits per heavy atom. The molecule has 0 aliphatic carbocycles. The van der Waals surface area contributed by atoms with E-state index in [1.54, 1.807) is 36.4 Å². The van der Waals surface area contributed by atoms with E-state index >= 15 is 0 Å². The number of hydrogen-bond donors (Lipinski definition) is 1. The van der Waals surface area contributed by atoms with Gasteiger partial charge in [-0.15, -0.1) is 0 Å². The number of nitrogens with one attached hydrogen (secondary N) is 1. The molecule has 0 spiro atoms. The van der Waals surface area contributed by atoms with Crippen LogP contribution in [0.5, 0.6) is 0 Å². The van der Waals surface area contributed by atoms with E-state index in [2.05, 4.69) is 15.3 Å². The summed E-state index contributed by atoms with van der Waals surface area (Å²) in [6.45, 7) is 0. The average Bonchev–Trinajstić information content (AvgIpc) is 2.40. The molecule has 0 atom stereocenters. The number of rotatable bonds is 4. The molecule has 0 saturated heterocycles. The molecular weight excluding hydrogens is 232 g/mol. The number of esters is 1. The van der Waals surface area contributed by atoms with Crippen LogP contribution < -0.4 is 5.43 Å². The van der Waals surface area contributed by atoms with Crippen molar-refractivity contribution in [3.63, 3.8) is 0 Å². The van der Waals surface area contributed by atoms with Crippen molar-refractivity contribution in [1.29, 1.82) is 10.5 Å². The minimum Gasteiger partial charge on any atom is -0.469 e. The lowest BCUT2D eigenvalue weighted by molar-refractivity contribution is -0.139. The smallest absolute Gasteiger partial charge is 0.309 e. The SMILES string of the molecule is COC(=O)Cc1cccc(NN=C(C#N)C#N)c1. The summed E-state index contributed by atoms with van der Waals surface area (Å²) >= 11 is 0. The molecule has 90 valence electrons. The van der Waals surface area contributed by atoms with Crippen LogP contribution in [0.4, 0.5) is 5.69 Å². The first-order valence-electron chi connectivity index (χ1n) is 4.99. The Morgan fingerprint density at radius 1 is 1.44 bits per heavy atom. The molecule has 1 aromatic rings. The zero-order chi connectivity index (χ0) is 13.4. The zero-order valence-corrected chi connectivity index (χ0v) is 9.67. The Balaban J connectivity index is 2.78. The Morgan fingerprint density at radius 3 is 2.78 bits per heavy atom. The van der Waals surface area contributed by atoms with Gasteiger partial charge >= 0.3 is 5.97 Å². The largest absolute Gasteiger partial charge is 0.469 e. The number of benzene rings is 1. The van der Waals surface area contributed by atoms with Gasteiger partial charge in [-0.1, -0.05) is 12.1 Å². The number of anilines is 1. The van der Waals surface area contributed by atoms with Gasteiger partial charge in [-0.25, -0.2) is 0 Å². The van der Waals surface area contributed by atoms with Gasteiger partial charge in [-0.05, 0) is 17.7 Å². The Kier molecular flexibility index (Phi) is 4.89. The molecular formula is C12H10N4O2. The van der Waals surface area contributed by atoms with Gasteiger partial charge in [0.1, 0.15) is 12.1 Å². The fourth-order valence-electron chi connectivity index (χ4n) is 1.19. The molecule has 0 aliphatic heterocycles. The van der Waals surface area contributed by atoms with Crippen molar-refractivity contribution in [1.82, 2.24) is 0 Å². The maximum atomic E-state index is 11.1. The van der Waals surface area contributed by atoms with Gasteiger partial charge < -0.3 is 4.74 Å². The van der Waals surface area contributed by atoms with Crippen molar-refractivity contribution in [2.45, 2.75) is 6.42 Å². The van der Waals surface area contributed by atoms with E-state index in [1.807, 2.05) is 0 Å². The van der Waals surface area contributed by atoms with E-state index in [0.29, 0.717) is 5.69 Å². The molecule has 0 saturated carbocycles. The molecule has 1 rings (SSSR count).